The summed E-state index contributed by atoms with van der Waals surface area (Å²) in [7, 11) is 2.20. The van der Waals surface area contributed by atoms with Gasteiger partial charge in [-0.25, -0.2) is 15.0 Å². The maximum absolute atomic E-state index is 11.5. The Morgan fingerprint density at radius 3 is 2.47 bits per heavy atom. The Morgan fingerprint density at radius 1 is 0.953 bits per heavy atom. The number of anilines is 1. The Bertz CT molecular complexity index is 1920. The molecular formula is C33H32N8OS. The van der Waals surface area contributed by atoms with Crippen molar-refractivity contribution in [2.45, 2.75) is 44.2 Å². The van der Waals surface area contributed by atoms with Gasteiger partial charge in [-0.3, -0.25) is 19.2 Å². The summed E-state index contributed by atoms with van der Waals surface area (Å²) in [5.41, 5.74) is 12.8. The molecule has 7 rings (SSSR count). The van der Waals surface area contributed by atoms with Crippen molar-refractivity contribution in [3.8, 4) is 28.3 Å². The molecule has 216 valence electrons. The smallest absolute Gasteiger partial charge is 0.323 e. The fourth-order valence-corrected chi connectivity index (χ4v) is 6.66. The van der Waals surface area contributed by atoms with Crippen LogP contribution in [-0.4, -0.2) is 46.9 Å². The van der Waals surface area contributed by atoms with Crippen molar-refractivity contribution in [3.63, 3.8) is 0 Å². The number of aromatic nitrogens is 6. The van der Waals surface area contributed by atoms with Gasteiger partial charge in [0.15, 0.2) is 11.5 Å². The molecule has 0 unspecified atom stereocenters. The van der Waals surface area contributed by atoms with E-state index >= 15 is 0 Å². The largest absolute Gasteiger partial charge is 0.383 e. The second-order valence-corrected chi connectivity index (χ2v) is 11.9. The highest BCUT2D eigenvalue weighted by atomic mass is 32.1. The molecule has 6 aromatic rings. The van der Waals surface area contributed by atoms with Crippen LogP contribution < -0.4 is 10.6 Å². The van der Waals surface area contributed by atoms with E-state index in [0.717, 1.165) is 83.3 Å². The summed E-state index contributed by atoms with van der Waals surface area (Å²) < 4.78 is 6.39. The lowest BCUT2D eigenvalue weighted by Crippen LogP contribution is -2.34. The van der Waals surface area contributed by atoms with E-state index in [4.69, 9.17) is 15.7 Å². The summed E-state index contributed by atoms with van der Waals surface area (Å²) in [6.07, 6.45) is 5.95. The van der Waals surface area contributed by atoms with Crippen molar-refractivity contribution >= 4 is 28.5 Å². The van der Waals surface area contributed by atoms with Gasteiger partial charge in [0.1, 0.15) is 17.2 Å². The Morgan fingerprint density at radius 2 is 1.74 bits per heavy atom. The predicted octanol–water partition coefficient (Wildman–Crippen LogP) is 6.03. The number of nitrogens with zero attached hydrogens (tertiary/aromatic N) is 6. The van der Waals surface area contributed by atoms with Gasteiger partial charge in [0, 0.05) is 47.5 Å². The number of hydrogen-bond acceptors (Lipinski definition) is 8. The number of imidazole rings is 1. The zero-order valence-corrected chi connectivity index (χ0v) is 24.7. The third-order valence-electron chi connectivity index (χ3n) is 8.44. The number of nitrogens with two attached hydrogens (primary N) is 1. The van der Waals surface area contributed by atoms with E-state index < -0.39 is 0 Å². The lowest BCUT2D eigenvalue weighted by atomic mass is 9.85. The Labute approximate surface area is 253 Å². The van der Waals surface area contributed by atoms with Gasteiger partial charge in [0.05, 0.1) is 11.3 Å². The Hall–Kier alpha value is -4.67. The van der Waals surface area contributed by atoms with Crippen LogP contribution in [0.4, 0.5) is 5.82 Å². The molecule has 10 heteroatoms. The van der Waals surface area contributed by atoms with Crippen LogP contribution in [0.5, 0.6) is 0 Å². The second-order valence-electron chi connectivity index (χ2n) is 11.2. The first kappa shape index (κ1) is 27.2. The molecular weight excluding hydrogens is 556 g/mol. The average molecular weight is 589 g/mol. The van der Waals surface area contributed by atoms with Gasteiger partial charge in [-0.05, 0) is 74.7 Å². The maximum atomic E-state index is 11.5. The third kappa shape index (κ3) is 5.47. The van der Waals surface area contributed by atoms with Crippen molar-refractivity contribution in [1.82, 2.24) is 33.8 Å². The molecule has 0 bridgehead atoms. The molecule has 3 N–H and O–H groups in total. The average Bonchev–Trinajstić information content (AvgIpc) is 3.65. The number of aromatic amines is 1. The number of pyridine rings is 2. The van der Waals surface area contributed by atoms with E-state index in [-0.39, 0.29) is 4.87 Å². The summed E-state index contributed by atoms with van der Waals surface area (Å²) in [4.78, 5) is 31.2. The predicted molar refractivity (Wildman–Crippen MR) is 171 cm³/mol. The first-order chi connectivity index (χ1) is 21.0. The first-order valence-electron chi connectivity index (χ1n) is 14.5. The topological polar surface area (TPSA) is 119 Å². The fraction of sp³-hybridized carbons (Fsp3) is 0.242. The third-order valence-corrected chi connectivity index (χ3v) is 9.00. The molecule has 0 spiro atoms. The van der Waals surface area contributed by atoms with Gasteiger partial charge in [0.25, 0.3) is 0 Å². The first-order valence-corrected chi connectivity index (χ1v) is 15.3. The van der Waals surface area contributed by atoms with Crippen molar-refractivity contribution < 1.29 is 0 Å². The fourth-order valence-electron chi connectivity index (χ4n) is 6.13. The molecule has 9 nitrogen and oxygen atoms in total. The minimum Gasteiger partial charge on any atom is -0.383 e. The van der Waals surface area contributed by atoms with E-state index in [1.54, 1.807) is 6.20 Å². The van der Waals surface area contributed by atoms with E-state index in [9.17, 15) is 4.79 Å². The Balaban J connectivity index is 1.16. The van der Waals surface area contributed by atoms with Crippen molar-refractivity contribution in [3.05, 3.63) is 106 Å². The molecule has 0 amide bonds. The van der Waals surface area contributed by atoms with E-state index in [1.165, 1.54) is 5.56 Å². The molecule has 0 atom stereocenters. The van der Waals surface area contributed by atoms with Crippen LogP contribution in [0.1, 0.15) is 43.0 Å². The van der Waals surface area contributed by atoms with E-state index in [2.05, 4.69) is 67.3 Å². The highest BCUT2D eigenvalue weighted by Gasteiger charge is 2.27. The molecule has 1 fully saturated rings. The number of rotatable bonds is 7. The standard InChI is InChI=1S/C33H32N8OS/c1-40(24-15-11-23(12-16-24)30-38-33(42)43-39-30)20-21-9-13-25(14-10-21)41-31(26-8-5-19-35-29(26)34)37-28-18-17-27(36-32(28)41)22-6-3-2-4-7-22/h2-10,13-14,17-19,23-24H,11-12,15-16,20H2,1H3,(H2,34,35)(H,38,39,42). The maximum Gasteiger partial charge on any atom is 0.323 e. The highest BCUT2D eigenvalue weighted by molar-refractivity contribution is 7.02. The summed E-state index contributed by atoms with van der Waals surface area (Å²) in [6, 6.07) is 27.1. The van der Waals surface area contributed by atoms with Crippen LogP contribution in [-0.2, 0) is 6.54 Å². The van der Waals surface area contributed by atoms with Gasteiger partial charge in [-0.2, -0.15) is 4.37 Å². The normalized spacial score (nSPS) is 17.1. The summed E-state index contributed by atoms with van der Waals surface area (Å²) >= 11 is 1.02. The minimum atomic E-state index is -0.0650. The van der Waals surface area contributed by atoms with Gasteiger partial charge >= 0.3 is 4.87 Å². The van der Waals surface area contributed by atoms with Crippen molar-refractivity contribution in [1.29, 1.82) is 0 Å². The van der Waals surface area contributed by atoms with Gasteiger partial charge in [-0.1, -0.05) is 42.5 Å². The quantitative estimate of drug-likeness (QED) is 0.234. The van der Waals surface area contributed by atoms with Crippen LogP contribution in [0.15, 0.2) is 89.9 Å². The molecule has 1 saturated carbocycles. The van der Waals surface area contributed by atoms with Crippen LogP contribution in [0.25, 0.3) is 39.5 Å². The summed E-state index contributed by atoms with van der Waals surface area (Å²) in [6.45, 7) is 0.854. The molecule has 43 heavy (non-hydrogen) atoms. The highest BCUT2D eigenvalue weighted by Crippen LogP contribution is 2.34. The summed E-state index contributed by atoms with van der Waals surface area (Å²) in [5.74, 6) is 2.35. The number of benzene rings is 2. The molecule has 1 aliphatic carbocycles. The molecule has 4 aromatic heterocycles. The van der Waals surface area contributed by atoms with Gasteiger partial charge in [0.2, 0.25) is 0 Å². The molecule has 4 heterocycles. The number of hydrogen-bond donors (Lipinski definition) is 2. The van der Waals surface area contributed by atoms with Crippen molar-refractivity contribution in [2.24, 2.45) is 0 Å². The Kier molecular flexibility index (Phi) is 7.30. The van der Waals surface area contributed by atoms with E-state index in [1.807, 2.05) is 42.5 Å². The molecule has 2 aromatic carbocycles. The lowest BCUT2D eigenvalue weighted by Gasteiger charge is -2.34. The second kappa shape index (κ2) is 11.5. The zero-order valence-electron chi connectivity index (χ0n) is 23.9. The van der Waals surface area contributed by atoms with Crippen molar-refractivity contribution in [2.75, 3.05) is 12.8 Å². The number of nitrogen functional groups attached to an aromatic ring is 1. The lowest BCUT2D eigenvalue weighted by molar-refractivity contribution is 0.174. The SMILES string of the molecule is CN(Cc1ccc(-n2c(-c3cccnc3N)nc3ccc(-c4ccccc4)nc32)cc1)C1CCC(c2nsc(=O)[nH]2)CC1. The van der Waals surface area contributed by atoms with Crippen LogP contribution in [0, 0.1) is 0 Å². The number of H-pyrrole nitrogens is 1. The molecule has 0 saturated heterocycles. The zero-order chi connectivity index (χ0) is 29.3. The molecule has 0 radical (unpaired) electrons. The summed E-state index contributed by atoms with van der Waals surface area (Å²) in [5, 5.41) is 0. The van der Waals surface area contributed by atoms with E-state index in [0.29, 0.717) is 23.6 Å². The molecule has 0 aliphatic heterocycles. The number of fused-ring (bicyclic) bond motifs is 1. The molecule has 1 aliphatic rings. The number of nitrogens with one attached hydrogen (secondary N) is 1. The van der Waals surface area contributed by atoms with Crippen LogP contribution in [0.3, 0.4) is 0 Å². The van der Waals surface area contributed by atoms with Gasteiger partial charge < -0.3 is 5.73 Å². The minimum absolute atomic E-state index is 0.0650. The van der Waals surface area contributed by atoms with Gasteiger partial charge in [-0.15, -0.1) is 0 Å². The monoisotopic (exact) mass is 588 g/mol. The van der Waals surface area contributed by atoms with Crippen LogP contribution >= 0.6 is 11.5 Å². The van der Waals surface area contributed by atoms with Crippen LogP contribution in [0.2, 0.25) is 0 Å².